The lowest BCUT2D eigenvalue weighted by molar-refractivity contribution is 0.478. The second kappa shape index (κ2) is 4.70. The van der Waals surface area contributed by atoms with Gasteiger partial charge in [0.15, 0.2) is 0 Å². The third kappa shape index (κ3) is 2.82. The molecular weight excluding hydrogens is 326 g/mol. The van der Waals surface area contributed by atoms with Crippen LogP contribution in [-0.2, 0) is 20.2 Å². The van der Waals surface area contributed by atoms with Gasteiger partial charge in [-0.25, -0.2) is 4.68 Å². The Morgan fingerprint density at radius 3 is 2.05 bits per heavy atom. The number of aromatic nitrogens is 2. The van der Waals surface area contributed by atoms with Crippen LogP contribution in [0.4, 0.5) is 5.69 Å². The number of hydrogen-bond donors (Lipinski definition) is 4. The molecule has 5 N–H and O–H groups in total. The van der Waals surface area contributed by atoms with Crippen molar-refractivity contribution in [3.05, 3.63) is 34.7 Å². The van der Waals surface area contributed by atoms with Crippen molar-refractivity contribution in [1.82, 2.24) is 9.78 Å². The fourth-order valence-electron chi connectivity index (χ4n) is 1.68. The van der Waals surface area contributed by atoms with E-state index in [9.17, 15) is 21.6 Å². The SMILES string of the molecule is Nc1cc(S(=O)(=O)O)c(-n2[nH]ccc2=O)cc1S(=O)(=O)O. The molecule has 0 aliphatic carbocycles. The Morgan fingerprint density at radius 1 is 1.05 bits per heavy atom. The van der Waals surface area contributed by atoms with E-state index in [1.807, 2.05) is 0 Å². The van der Waals surface area contributed by atoms with Gasteiger partial charge in [0.2, 0.25) is 0 Å². The van der Waals surface area contributed by atoms with Gasteiger partial charge in [-0.15, -0.1) is 0 Å². The number of anilines is 1. The van der Waals surface area contributed by atoms with Crippen molar-refractivity contribution in [1.29, 1.82) is 0 Å². The van der Waals surface area contributed by atoms with Crippen molar-refractivity contribution in [3.8, 4) is 5.69 Å². The van der Waals surface area contributed by atoms with Crippen LogP contribution >= 0.6 is 0 Å². The molecule has 0 saturated heterocycles. The number of nitrogens with zero attached hydrogens (tertiary/aromatic N) is 1. The zero-order valence-electron chi connectivity index (χ0n) is 10.1. The Labute approximate surface area is 118 Å². The summed E-state index contributed by atoms with van der Waals surface area (Å²) in [7, 11) is -9.55. The molecule has 0 aliphatic heterocycles. The van der Waals surface area contributed by atoms with E-state index >= 15 is 0 Å². The van der Waals surface area contributed by atoms with Gasteiger partial charge in [-0.3, -0.25) is 19.0 Å². The van der Waals surface area contributed by atoms with Gasteiger partial charge in [0.1, 0.15) is 9.79 Å². The molecule has 12 heteroatoms. The summed E-state index contributed by atoms with van der Waals surface area (Å²) < 4.78 is 63.9. The lowest BCUT2D eigenvalue weighted by Crippen LogP contribution is -2.18. The third-order valence-corrected chi connectivity index (χ3v) is 4.33. The molecule has 21 heavy (non-hydrogen) atoms. The average Bonchev–Trinajstić information content (AvgIpc) is 2.72. The summed E-state index contributed by atoms with van der Waals surface area (Å²) in [4.78, 5) is 9.96. The van der Waals surface area contributed by atoms with Crippen LogP contribution in [0.1, 0.15) is 0 Å². The predicted molar refractivity (Wildman–Crippen MR) is 70.4 cm³/mol. The van der Waals surface area contributed by atoms with Crippen molar-refractivity contribution in [2.24, 2.45) is 0 Å². The lowest BCUT2D eigenvalue weighted by Gasteiger charge is -2.11. The highest BCUT2D eigenvalue weighted by atomic mass is 32.2. The maximum Gasteiger partial charge on any atom is 0.296 e. The normalized spacial score (nSPS) is 12.5. The molecule has 0 bridgehead atoms. The first-order valence-electron chi connectivity index (χ1n) is 5.17. The van der Waals surface area contributed by atoms with Gasteiger partial charge in [0.05, 0.1) is 11.4 Å². The molecule has 1 aromatic heterocycles. The summed E-state index contributed by atoms with van der Waals surface area (Å²) in [5.74, 6) is 0. The molecule has 10 nitrogen and oxygen atoms in total. The molecule has 0 spiro atoms. The molecule has 114 valence electrons. The molecule has 0 amide bonds. The fourth-order valence-corrected chi connectivity index (χ4v) is 2.99. The second-order valence-electron chi connectivity index (χ2n) is 3.94. The monoisotopic (exact) mass is 335 g/mol. The van der Waals surface area contributed by atoms with Crippen LogP contribution in [0.25, 0.3) is 5.69 Å². The van der Waals surface area contributed by atoms with Crippen LogP contribution < -0.4 is 11.3 Å². The minimum atomic E-state index is -4.80. The number of H-pyrrole nitrogens is 1. The van der Waals surface area contributed by atoms with E-state index in [2.05, 4.69) is 5.10 Å². The zero-order valence-corrected chi connectivity index (χ0v) is 11.7. The standard InChI is InChI=1S/C9H9N3O7S2/c10-5-3-8(21(17,18)19)6(4-7(5)20(14,15)16)12-9(13)1-2-11-12/h1-4,11H,10H2,(H,14,15,16)(H,17,18,19). The van der Waals surface area contributed by atoms with Crippen molar-refractivity contribution in [3.63, 3.8) is 0 Å². The molecule has 2 rings (SSSR count). The third-order valence-electron chi connectivity index (χ3n) is 2.54. The van der Waals surface area contributed by atoms with Crippen molar-refractivity contribution >= 4 is 25.9 Å². The van der Waals surface area contributed by atoms with Gasteiger partial charge in [0.25, 0.3) is 25.8 Å². The average molecular weight is 335 g/mol. The second-order valence-corrected chi connectivity index (χ2v) is 6.72. The van der Waals surface area contributed by atoms with E-state index in [-0.39, 0.29) is 0 Å². The Kier molecular flexibility index (Phi) is 3.41. The first-order chi connectivity index (χ1) is 9.51. The van der Waals surface area contributed by atoms with Crippen molar-refractivity contribution in [2.45, 2.75) is 9.79 Å². The van der Waals surface area contributed by atoms with E-state index in [4.69, 9.17) is 14.8 Å². The maximum absolute atomic E-state index is 11.6. The fraction of sp³-hybridized carbons (Fsp3) is 0. The van der Waals surface area contributed by atoms with Crippen LogP contribution in [0.15, 0.2) is 39.0 Å². The molecular formula is C9H9N3O7S2. The molecule has 0 radical (unpaired) electrons. The van der Waals surface area contributed by atoms with E-state index in [0.717, 1.165) is 6.07 Å². The summed E-state index contributed by atoms with van der Waals surface area (Å²) in [5, 5.41) is 2.34. The first kappa shape index (κ1) is 15.2. The number of nitrogen functional groups attached to an aromatic ring is 1. The molecule has 1 heterocycles. The van der Waals surface area contributed by atoms with E-state index in [0.29, 0.717) is 16.8 Å². The highest BCUT2D eigenvalue weighted by Gasteiger charge is 2.24. The molecule has 0 saturated carbocycles. The molecule has 2 aromatic rings. The number of nitrogens with two attached hydrogens (primary N) is 1. The Hall–Kier alpha value is -2.15. The lowest BCUT2D eigenvalue weighted by atomic mass is 10.3. The number of hydrogen-bond acceptors (Lipinski definition) is 6. The van der Waals surface area contributed by atoms with E-state index in [1.54, 1.807) is 0 Å². The highest BCUT2D eigenvalue weighted by Crippen LogP contribution is 2.28. The Balaban J connectivity index is 2.96. The molecule has 0 atom stereocenters. The Bertz CT molecular complexity index is 969. The predicted octanol–water partition coefficient (Wildman–Crippen LogP) is -0.759. The zero-order chi connectivity index (χ0) is 16.0. The molecule has 1 aromatic carbocycles. The van der Waals surface area contributed by atoms with Crippen LogP contribution in [0.2, 0.25) is 0 Å². The van der Waals surface area contributed by atoms with E-state index in [1.165, 1.54) is 6.20 Å². The largest absolute Gasteiger partial charge is 0.398 e. The summed E-state index contributed by atoms with van der Waals surface area (Å²) in [6.45, 7) is 0. The van der Waals surface area contributed by atoms with Crippen molar-refractivity contribution < 1.29 is 25.9 Å². The topological polar surface area (TPSA) is 173 Å². The number of aromatic amines is 1. The van der Waals surface area contributed by atoms with Crippen molar-refractivity contribution in [2.75, 3.05) is 5.73 Å². The molecule has 0 fully saturated rings. The van der Waals surface area contributed by atoms with Gasteiger partial charge >= 0.3 is 0 Å². The highest BCUT2D eigenvalue weighted by molar-refractivity contribution is 7.86. The summed E-state index contributed by atoms with van der Waals surface area (Å²) in [6.07, 6.45) is 1.17. The molecule has 0 unspecified atom stereocenters. The number of rotatable bonds is 3. The summed E-state index contributed by atoms with van der Waals surface area (Å²) in [6, 6.07) is 2.32. The van der Waals surface area contributed by atoms with Crippen LogP contribution in [0.5, 0.6) is 0 Å². The summed E-state index contributed by atoms with van der Waals surface area (Å²) >= 11 is 0. The smallest absolute Gasteiger partial charge is 0.296 e. The van der Waals surface area contributed by atoms with Crippen LogP contribution in [-0.4, -0.2) is 35.7 Å². The minimum Gasteiger partial charge on any atom is -0.398 e. The van der Waals surface area contributed by atoms with Gasteiger partial charge in [-0.2, -0.15) is 16.8 Å². The number of benzene rings is 1. The summed E-state index contributed by atoms with van der Waals surface area (Å²) in [5.41, 5.74) is 3.53. The van der Waals surface area contributed by atoms with Gasteiger partial charge in [-0.05, 0) is 12.1 Å². The van der Waals surface area contributed by atoms with Crippen LogP contribution in [0.3, 0.4) is 0 Å². The van der Waals surface area contributed by atoms with Gasteiger partial charge < -0.3 is 5.73 Å². The quantitative estimate of drug-likeness (QED) is 0.418. The Morgan fingerprint density at radius 2 is 1.62 bits per heavy atom. The van der Waals surface area contributed by atoms with E-state index < -0.39 is 47.0 Å². The first-order valence-corrected chi connectivity index (χ1v) is 8.05. The van der Waals surface area contributed by atoms with Gasteiger partial charge in [-0.1, -0.05) is 0 Å². The molecule has 0 aliphatic rings. The van der Waals surface area contributed by atoms with Gasteiger partial charge in [0, 0.05) is 12.3 Å². The maximum atomic E-state index is 11.6. The minimum absolute atomic E-state index is 0.505. The number of nitrogens with one attached hydrogen (secondary N) is 1. The van der Waals surface area contributed by atoms with Crippen LogP contribution in [0, 0.1) is 0 Å².